The second-order valence-electron chi connectivity index (χ2n) is 5.12. The number of hydrogen-bond donors (Lipinski definition) is 1. The first-order chi connectivity index (χ1) is 6.98. The van der Waals surface area contributed by atoms with Gasteiger partial charge in [0.15, 0.2) is 0 Å². The maximum atomic E-state index is 11.7. The predicted octanol–water partition coefficient (Wildman–Crippen LogP) is 2.91. The van der Waals surface area contributed by atoms with Crippen molar-refractivity contribution < 1.29 is 4.21 Å². The van der Waals surface area contributed by atoms with Crippen molar-refractivity contribution in [1.82, 2.24) is 0 Å². The van der Waals surface area contributed by atoms with Crippen molar-refractivity contribution in [2.24, 2.45) is 5.41 Å². The Kier molecular flexibility index (Phi) is 2.59. The minimum Gasteiger partial charge on any atom is -0.305 e. The summed E-state index contributed by atoms with van der Waals surface area (Å²) in [6, 6.07) is 8.17. The van der Waals surface area contributed by atoms with E-state index in [4.69, 9.17) is 0 Å². The number of hydrogen-bond acceptors (Lipinski definition) is 1. The average Bonchev–Trinajstić information content (AvgIpc) is 2.15. The summed E-state index contributed by atoms with van der Waals surface area (Å²) in [5, 5.41) is 0. The van der Waals surface area contributed by atoms with Crippen molar-refractivity contribution in [1.29, 1.82) is 0 Å². The molecule has 82 valence electrons. The van der Waals surface area contributed by atoms with E-state index in [0.29, 0.717) is 11.7 Å². The first-order valence-electron chi connectivity index (χ1n) is 5.22. The molecule has 0 bridgehead atoms. The average molecular weight is 223 g/mol. The molecule has 0 fully saturated rings. The number of para-hydroxylation sites is 1. The fraction of sp³-hybridized carbons (Fsp3) is 0.500. The molecule has 1 unspecified atom stereocenters. The molecule has 0 radical (unpaired) electrons. The van der Waals surface area contributed by atoms with Crippen LogP contribution in [0.2, 0.25) is 0 Å². The molecule has 0 aromatic heterocycles. The monoisotopic (exact) mass is 223 g/mol. The molecule has 1 aromatic rings. The maximum absolute atomic E-state index is 11.7. The Morgan fingerprint density at radius 1 is 1.33 bits per heavy atom. The van der Waals surface area contributed by atoms with E-state index in [2.05, 4.69) is 31.6 Å². The molecule has 0 aliphatic carbocycles. The molecular weight excluding hydrogens is 206 g/mol. The van der Waals surface area contributed by atoms with Gasteiger partial charge in [0.05, 0.1) is 5.75 Å². The van der Waals surface area contributed by atoms with Gasteiger partial charge in [-0.1, -0.05) is 39.0 Å². The van der Waals surface area contributed by atoms with Gasteiger partial charge in [-0.25, -0.2) is 4.21 Å². The lowest BCUT2D eigenvalue weighted by molar-refractivity contribution is 0.342. The second-order valence-corrected chi connectivity index (χ2v) is 6.35. The van der Waals surface area contributed by atoms with Gasteiger partial charge in [-0.2, -0.15) is 0 Å². The highest BCUT2D eigenvalue weighted by Gasteiger charge is 2.32. The number of benzene rings is 1. The van der Waals surface area contributed by atoms with E-state index in [1.165, 1.54) is 5.56 Å². The Balaban J connectivity index is 2.47. The van der Waals surface area contributed by atoms with Crippen LogP contribution in [0, 0.1) is 5.41 Å². The largest absolute Gasteiger partial charge is 0.305 e. The minimum atomic E-state index is -0.928. The van der Waals surface area contributed by atoms with E-state index in [-0.39, 0.29) is 5.41 Å². The lowest BCUT2D eigenvalue weighted by Gasteiger charge is -2.35. The maximum Gasteiger partial charge on any atom is 0.117 e. The molecule has 15 heavy (non-hydrogen) atoms. The summed E-state index contributed by atoms with van der Waals surface area (Å²) in [5.74, 6) is 1.08. The van der Waals surface area contributed by atoms with Gasteiger partial charge in [-0.15, -0.1) is 0 Å². The molecule has 1 N–H and O–H groups in total. The smallest absolute Gasteiger partial charge is 0.117 e. The molecule has 2 atom stereocenters. The van der Waals surface area contributed by atoms with Crippen molar-refractivity contribution in [2.75, 3.05) is 10.5 Å². The van der Waals surface area contributed by atoms with E-state index >= 15 is 0 Å². The Hall–Kier alpha value is -0.830. The van der Waals surface area contributed by atoms with Gasteiger partial charge in [0.25, 0.3) is 0 Å². The molecule has 1 heterocycles. The highest BCUT2D eigenvalue weighted by molar-refractivity contribution is 7.86. The van der Waals surface area contributed by atoms with Crippen LogP contribution in [-0.4, -0.2) is 9.96 Å². The Bertz CT molecular complexity index is 395. The molecule has 0 saturated heterocycles. The summed E-state index contributed by atoms with van der Waals surface area (Å²) in [5.41, 5.74) is 2.49. The van der Waals surface area contributed by atoms with Gasteiger partial charge >= 0.3 is 0 Å². The first kappa shape index (κ1) is 10.7. The van der Waals surface area contributed by atoms with Gasteiger partial charge < -0.3 is 4.72 Å². The molecule has 2 nitrogen and oxygen atoms in total. The van der Waals surface area contributed by atoms with Crippen LogP contribution in [0.1, 0.15) is 32.3 Å². The van der Waals surface area contributed by atoms with Crippen LogP contribution >= 0.6 is 0 Å². The summed E-state index contributed by atoms with van der Waals surface area (Å²) >= 11 is 0. The van der Waals surface area contributed by atoms with Crippen molar-refractivity contribution in [3.05, 3.63) is 29.8 Å². The topological polar surface area (TPSA) is 29.1 Å². The molecular formula is C12H17NOS. The molecule has 1 aliphatic heterocycles. The third kappa shape index (κ3) is 2.07. The van der Waals surface area contributed by atoms with E-state index in [9.17, 15) is 4.21 Å². The van der Waals surface area contributed by atoms with E-state index in [1.54, 1.807) is 0 Å². The summed E-state index contributed by atoms with van der Waals surface area (Å²) < 4.78 is 14.7. The van der Waals surface area contributed by atoms with Crippen molar-refractivity contribution in [2.45, 2.75) is 26.7 Å². The third-order valence-electron chi connectivity index (χ3n) is 2.92. The number of fused-ring (bicyclic) bond motifs is 1. The molecule has 0 spiro atoms. The Morgan fingerprint density at radius 3 is 2.67 bits per heavy atom. The highest BCUT2D eigenvalue weighted by atomic mass is 32.2. The van der Waals surface area contributed by atoms with Gasteiger partial charge in [-0.3, -0.25) is 0 Å². The fourth-order valence-electron chi connectivity index (χ4n) is 2.02. The minimum absolute atomic E-state index is 0.161. The van der Waals surface area contributed by atoms with E-state index < -0.39 is 11.0 Å². The standard InChI is InChI=1S/C12H17NOS/c1-12(2,3)10-8-15(14)13-11-7-5-4-6-9(10)11/h4-7,10,13H,8H2,1-3H3/t10-,15?/m0/s1. The van der Waals surface area contributed by atoms with Crippen LogP contribution < -0.4 is 4.72 Å². The number of anilines is 1. The zero-order valence-electron chi connectivity index (χ0n) is 9.41. The van der Waals surface area contributed by atoms with Crippen molar-refractivity contribution in [3.8, 4) is 0 Å². The van der Waals surface area contributed by atoms with Gasteiger partial charge in [0, 0.05) is 11.6 Å². The van der Waals surface area contributed by atoms with Crippen LogP contribution in [0.25, 0.3) is 0 Å². The zero-order chi connectivity index (χ0) is 11.1. The summed E-state index contributed by atoms with van der Waals surface area (Å²) in [4.78, 5) is 0. The van der Waals surface area contributed by atoms with Crippen LogP contribution in [0.4, 0.5) is 5.69 Å². The van der Waals surface area contributed by atoms with Gasteiger partial charge in [0.1, 0.15) is 11.0 Å². The van der Waals surface area contributed by atoms with Crippen molar-refractivity contribution in [3.63, 3.8) is 0 Å². The normalized spacial score (nSPS) is 25.5. The SMILES string of the molecule is CC(C)(C)[C@H]1CS(=O)Nc2ccccc21. The summed E-state index contributed by atoms with van der Waals surface area (Å²) in [6.07, 6.45) is 0. The molecule has 1 aliphatic rings. The molecule has 1 aromatic carbocycles. The van der Waals surface area contributed by atoms with Crippen molar-refractivity contribution >= 4 is 16.7 Å². The third-order valence-corrected chi connectivity index (χ3v) is 4.01. The van der Waals surface area contributed by atoms with E-state index in [1.807, 2.05) is 18.2 Å². The summed E-state index contributed by atoms with van der Waals surface area (Å²) in [6.45, 7) is 6.62. The first-order valence-corrected chi connectivity index (χ1v) is 6.54. The van der Waals surface area contributed by atoms with Gasteiger partial charge in [-0.05, 0) is 17.0 Å². The quantitative estimate of drug-likeness (QED) is 0.720. The Morgan fingerprint density at radius 2 is 2.00 bits per heavy atom. The van der Waals surface area contributed by atoms with Crippen LogP contribution in [0.15, 0.2) is 24.3 Å². The summed E-state index contributed by atoms with van der Waals surface area (Å²) in [7, 11) is -0.928. The van der Waals surface area contributed by atoms with Crippen LogP contribution in [0.3, 0.4) is 0 Å². The zero-order valence-corrected chi connectivity index (χ0v) is 10.2. The van der Waals surface area contributed by atoms with Gasteiger partial charge in [0.2, 0.25) is 0 Å². The second kappa shape index (κ2) is 3.63. The lowest BCUT2D eigenvalue weighted by atomic mass is 9.77. The van der Waals surface area contributed by atoms with Crippen LogP contribution in [0.5, 0.6) is 0 Å². The number of nitrogens with one attached hydrogen (secondary N) is 1. The molecule has 0 amide bonds. The van der Waals surface area contributed by atoms with E-state index in [0.717, 1.165) is 5.69 Å². The fourth-order valence-corrected chi connectivity index (χ4v) is 3.51. The molecule has 2 rings (SSSR count). The molecule has 3 heteroatoms. The molecule has 0 saturated carbocycles. The van der Waals surface area contributed by atoms with Crippen LogP contribution in [-0.2, 0) is 11.0 Å². The number of rotatable bonds is 0. The predicted molar refractivity (Wildman–Crippen MR) is 65.3 cm³/mol. The highest BCUT2D eigenvalue weighted by Crippen LogP contribution is 2.41. The lowest BCUT2D eigenvalue weighted by Crippen LogP contribution is -2.31. The Labute approximate surface area is 93.7 Å².